The molecule has 0 fully saturated rings. The smallest absolute Gasteiger partial charge is 0.475 e. The fourth-order valence-electron chi connectivity index (χ4n) is 0. The van der Waals surface area contributed by atoms with Crippen molar-refractivity contribution in [1.29, 1.82) is 0 Å². The highest BCUT2D eigenvalue weighted by Crippen LogP contribution is 2.13. The fraction of sp³-hybridized carbons (Fsp3) is 0.857. The molecular weight excluding hydrogens is 203 g/mol. The molecule has 88 valence electrons. The third-order valence-electron chi connectivity index (χ3n) is 0.243. The van der Waals surface area contributed by atoms with Gasteiger partial charge < -0.3 is 15.5 Å². The van der Waals surface area contributed by atoms with Gasteiger partial charge in [-0.05, 0) is 27.9 Å². The Kier molecular flexibility index (Phi) is 13.8. The van der Waals surface area contributed by atoms with Crippen molar-refractivity contribution in [2.24, 2.45) is 0 Å². The highest BCUT2D eigenvalue weighted by atomic mass is 19.4. The first-order valence-electron chi connectivity index (χ1n) is 3.66. The summed E-state index contributed by atoms with van der Waals surface area (Å²) in [4.78, 5) is 8.90. The quantitative estimate of drug-likeness (QED) is 0.565. The van der Waals surface area contributed by atoms with Crippen molar-refractivity contribution in [3.8, 4) is 0 Å². The molecule has 3 N–H and O–H groups in total. The monoisotopic (exact) mass is 219 g/mol. The third kappa shape index (κ3) is 43.2. The lowest BCUT2D eigenvalue weighted by Gasteiger charge is -1.93. The van der Waals surface area contributed by atoms with Gasteiger partial charge in [0.1, 0.15) is 0 Å². The van der Waals surface area contributed by atoms with E-state index in [2.05, 4.69) is 5.32 Å². The van der Waals surface area contributed by atoms with E-state index in [4.69, 9.17) is 15.0 Å². The number of aliphatic carboxylic acids is 1. The van der Waals surface area contributed by atoms with Crippen LogP contribution in [0.25, 0.3) is 0 Å². The number of carbonyl (C=O) groups is 1. The number of nitrogens with one attached hydrogen (secondary N) is 1. The Labute approximate surface area is 80.7 Å². The second-order valence-corrected chi connectivity index (χ2v) is 2.40. The zero-order valence-corrected chi connectivity index (χ0v) is 8.51. The number of carboxylic acids is 1. The zero-order chi connectivity index (χ0) is 12.4. The maximum atomic E-state index is 10.6. The predicted octanol–water partition coefficient (Wildman–Crippen LogP) is 0.856. The molecule has 0 aliphatic carbocycles. The van der Waals surface area contributed by atoms with Crippen LogP contribution in [0.4, 0.5) is 13.2 Å². The molecule has 0 rings (SSSR count). The minimum absolute atomic E-state index is 0.167. The Hall–Kier alpha value is -0.820. The van der Waals surface area contributed by atoms with Crippen LogP contribution < -0.4 is 5.32 Å². The van der Waals surface area contributed by atoms with Crippen LogP contribution in [0.2, 0.25) is 0 Å². The van der Waals surface area contributed by atoms with Crippen molar-refractivity contribution in [2.75, 3.05) is 14.1 Å². The second-order valence-electron chi connectivity index (χ2n) is 2.40. The summed E-state index contributed by atoms with van der Waals surface area (Å²) in [6.07, 6.45) is -5.25. The SMILES string of the molecule is CC(C)O.CNC.O=C(O)C(F)(F)F. The first-order valence-corrected chi connectivity index (χ1v) is 3.66. The summed E-state index contributed by atoms with van der Waals surface area (Å²) in [7, 11) is 3.75. The van der Waals surface area contributed by atoms with Gasteiger partial charge in [0.15, 0.2) is 0 Å². The van der Waals surface area contributed by atoms with Gasteiger partial charge in [0.2, 0.25) is 0 Å². The topological polar surface area (TPSA) is 69.6 Å². The number of aliphatic hydroxyl groups excluding tert-OH is 1. The molecule has 0 aliphatic heterocycles. The molecule has 0 aromatic carbocycles. The molecule has 0 aromatic heterocycles. The van der Waals surface area contributed by atoms with Gasteiger partial charge in [0.25, 0.3) is 0 Å². The van der Waals surface area contributed by atoms with Gasteiger partial charge in [-0.15, -0.1) is 0 Å². The lowest BCUT2D eigenvalue weighted by Crippen LogP contribution is -2.21. The van der Waals surface area contributed by atoms with Crippen molar-refractivity contribution in [1.82, 2.24) is 5.32 Å². The standard InChI is InChI=1S/C3H8O.C2HF3O2.C2H7N/c1-3(2)4;3-2(4,5)1(6)7;1-3-2/h3-4H,1-2H3;(H,6,7);3H,1-2H3. The Morgan fingerprint density at radius 2 is 1.36 bits per heavy atom. The van der Waals surface area contributed by atoms with Crippen molar-refractivity contribution < 1.29 is 28.2 Å². The van der Waals surface area contributed by atoms with Crippen LogP contribution in [0.1, 0.15) is 13.8 Å². The minimum atomic E-state index is -5.08. The van der Waals surface area contributed by atoms with Gasteiger partial charge in [-0.1, -0.05) is 0 Å². The molecule has 14 heavy (non-hydrogen) atoms. The van der Waals surface area contributed by atoms with Crippen LogP contribution in [0, 0.1) is 0 Å². The Bertz CT molecular complexity index is 134. The van der Waals surface area contributed by atoms with Crippen LogP contribution >= 0.6 is 0 Å². The van der Waals surface area contributed by atoms with Crippen molar-refractivity contribution in [3.05, 3.63) is 0 Å². The molecular formula is C7H16F3NO3. The lowest BCUT2D eigenvalue weighted by molar-refractivity contribution is -0.192. The van der Waals surface area contributed by atoms with Gasteiger partial charge in [-0.25, -0.2) is 4.79 Å². The first kappa shape index (κ1) is 18.9. The van der Waals surface area contributed by atoms with Crippen LogP contribution in [0.5, 0.6) is 0 Å². The van der Waals surface area contributed by atoms with E-state index in [0.717, 1.165) is 0 Å². The highest BCUT2D eigenvalue weighted by molar-refractivity contribution is 5.73. The molecule has 0 spiro atoms. The van der Waals surface area contributed by atoms with E-state index < -0.39 is 12.1 Å². The average Bonchev–Trinajstić information content (AvgIpc) is 1.84. The first-order chi connectivity index (χ1) is 6.09. The summed E-state index contributed by atoms with van der Waals surface area (Å²) < 4.78 is 31.7. The van der Waals surface area contributed by atoms with Gasteiger partial charge in [0.05, 0.1) is 0 Å². The van der Waals surface area contributed by atoms with Gasteiger partial charge in [-0.3, -0.25) is 0 Å². The number of hydrogen-bond acceptors (Lipinski definition) is 3. The van der Waals surface area contributed by atoms with Gasteiger partial charge >= 0.3 is 12.1 Å². The average molecular weight is 219 g/mol. The summed E-state index contributed by atoms with van der Waals surface area (Å²) >= 11 is 0. The predicted molar refractivity (Wildman–Crippen MR) is 46.0 cm³/mol. The molecule has 0 saturated heterocycles. The number of hydrogen-bond donors (Lipinski definition) is 3. The van der Waals surface area contributed by atoms with Gasteiger partial charge in [0, 0.05) is 6.10 Å². The molecule has 0 unspecified atom stereocenters. The lowest BCUT2D eigenvalue weighted by atomic mass is 10.5. The summed E-state index contributed by atoms with van der Waals surface area (Å²) in [5.74, 6) is -2.76. The number of aliphatic hydroxyl groups is 1. The van der Waals surface area contributed by atoms with E-state index in [0.29, 0.717) is 0 Å². The molecule has 0 bridgehead atoms. The zero-order valence-electron chi connectivity index (χ0n) is 8.51. The fourth-order valence-corrected chi connectivity index (χ4v) is 0. The molecule has 0 amide bonds. The molecule has 0 aliphatic rings. The van der Waals surface area contributed by atoms with Crippen molar-refractivity contribution in [2.45, 2.75) is 26.1 Å². The molecule has 4 nitrogen and oxygen atoms in total. The van der Waals surface area contributed by atoms with E-state index in [9.17, 15) is 13.2 Å². The number of carboxylic acid groups (broad SMARTS) is 1. The molecule has 7 heteroatoms. The maximum Gasteiger partial charge on any atom is 0.490 e. The van der Waals surface area contributed by atoms with E-state index in [-0.39, 0.29) is 6.10 Å². The molecule has 0 atom stereocenters. The molecule has 0 radical (unpaired) electrons. The molecule has 0 heterocycles. The molecule has 0 aromatic rings. The highest BCUT2D eigenvalue weighted by Gasteiger charge is 2.38. The molecule has 0 saturated carbocycles. The summed E-state index contributed by atoms with van der Waals surface area (Å²) in [5.41, 5.74) is 0. The number of rotatable bonds is 0. The van der Waals surface area contributed by atoms with Crippen LogP contribution in [0.15, 0.2) is 0 Å². The van der Waals surface area contributed by atoms with E-state index in [1.54, 1.807) is 13.8 Å². The Morgan fingerprint density at radius 3 is 1.36 bits per heavy atom. The van der Waals surface area contributed by atoms with E-state index in [1.165, 1.54) is 0 Å². The maximum absolute atomic E-state index is 10.6. The minimum Gasteiger partial charge on any atom is -0.475 e. The largest absolute Gasteiger partial charge is 0.490 e. The van der Waals surface area contributed by atoms with Gasteiger partial charge in [-0.2, -0.15) is 13.2 Å². The van der Waals surface area contributed by atoms with Crippen LogP contribution in [-0.4, -0.2) is 42.6 Å². The van der Waals surface area contributed by atoms with Crippen molar-refractivity contribution >= 4 is 5.97 Å². The second kappa shape index (κ2) is 10.3. The summed E-state index contributed by atoms with van der Waals surface area (Å²) in [5, 5.41) is 17.9. The number of alkyl halides is 3. The van der Waals surface area contributed by atoms with E-state index in [1.807, 2.05) is 14.1 Å². The van der Waals surface area contributed by atoms with Crippen molar-refractivity contribution in [3.63, 3.8) is 0 Å². The third-order valence-corrected chi connectivity index (χ3v) is 0.243. The summed E-state index contributed by atoms with van der Waals surface area (Å²) in [6.45, 7) is 3.44. The Balaban J connectivity index is -0.000000147. The summed E-state index contributed by atoms with van der Waals surface area (Å²) in [6, 6.07) is 0. The Morgan fingerprint density at radius 1 is 1.29 bits per heavy atom. The van der Waals surface area contributed by atoms with Crippen LogP contribution in [-0.2, 0) is 4.79 Å². The van der Waals surface area contributed by atoms with Crippen LogP contribution in [0.3, 0.4) is 0 Å². The normalized spacial score (nSPS) is 9.50. The number of halogens is 3. The van der Waals surface area contributed by atoms with E-state index >= 15 is 0 Å².